The number of unbranched alkanes of at least 4 members (excludes halogenated alkanes) is 1. The predicted octanol–water partition coefficient (Wildman–Crippen LogP) is 4.76. The first kappa shape index (κ1) is 19.7. The Morgan fingerprint density at radius 3 is 2.93 bits per heavy atom. The Morgan fingerprint density at radius 2 is 2.24 bits per heavy atom. The Bertz CT molecular complexity index is 986. The second-order valence-electron chi connectivity index (χ2n) is 8.22. The lowest BCUT2D eigenvalue weighted by molar-refractivity contribution is 0.0939. The van der Waals surface area contributed by atoms with Crippen molar-refractivity contribution in [1.29, 1.82) is 0 Å². The van der Waals surface area contributed by atoms with Crippen LogP contribution in [0.4, 0.5) is 0 Å². The number of rotatable bonds is 9. The van der Waals surface area contributed by atoms with Gasteiger partial charge in [0.05, 0.1) is 22.9 Å². The molecule has 0 unspecified atom stereocenters. The van der Waals surface area contributed by atoms with Gasteiger partial charge >= 0.3 is 0 Å². The van der Waals surface area contributed by atoms with Gasteiger partial charge in [0.2, 0.25) is 0 Å². The van der Waals surface area contributed by atoms with Crippen molar-refractivity contribution in [3.8, 4) is 0 Å². The number of carbonyl (C=O) groups excluding carboxylic acids is 1. The number of hydrogen-bond donors (Lipinski definition) is 1. The van der Waals surface area contributed by atoms with Crippen molar-refractivity contribution >= 4 is 16.9 Å². The molecule has 1 fully saturated rings. The lowest BCUT2D eigenvalue weighted by atomic mass is 10.1. The van der Waals surface area contributed by atoms with Crippen LogP contribution in [0.5, 0.6) is 0 Å². The Labute approximate surface area is 171 Å². The van der Waals surface area contributed by atoms with E-state index in [1.54, 1.807) is 6.26 Å². The van der Waals surface area contributed by atoms with Crippen LogP contribution < -0.4 is 5.32 Å². The molecule has 1 aliphatic carbocycles. The van der Waals surface area contributed by atoms with Gasteiger partial charge in [0, 0.05) is 30.6 Å². The topological polar surface area (TPSA) is 73.0 Å². The molecule has 3 aromatic heterocycles. The van der Waals surface area contributed by atoms with Gasteiger partial charge in [0.25, 0.3) is 5.91 Å². The lowest BCUT2D eigenvalue weighted by Crippen LogP contribution is -2.33. The molecular formula is C23H30N4O2. The number of furan rings is 1. The maximum atomic E-state index is 13.2. The molecule has 29 heavy (non-hydrogen) atoms. The summed E-state index contributed by atoms with van der Waals surface area (Å²) in [5.41, 5.74) is 3.47. The van der Waals surface area contributed by atoms with Crippen LogP contribution in [0.25, 0.3) is 11.0 Å². The van der Waals surface area contributed by atoms with Gasteiger partial charge in [-0.3, -0.25) is 4.79 Å². The summed E-state index contributed by atoms with van der Waals surface area (Å²) in [5.74, 6) is 1.39. The van der Waals surface area contributed by atoms with Crippen LogP contribution in [0.15, 0.2) is 28.9 Å². The third-order valence-electron chi connectivity index (χ3n) is 5.64. The summed E-state index contributed by atoms with van der Waals surface area (Å²) in [4.78, 5) is 18.1. The van der Waals surface area contributed by atoms with Crippen LogP contribution in [0, 0.1) is 6.92 Å². The van der Waals surface area contributed by atoms with E-state index in [4.69, 9.17) is 14.5 Å². The molecule has 4 rings (SSSR count). The first-order valence-electron chi connectivity index (χ1n) is 10.8. The second-order valence-corrected chi connectivity index (χ2v) is 8.22. The molecule has 0 spiro atoms. The molecule has 1 N–H and O–H groups in total. The minimum Gasteiger partial charge on any atom is -0.469 e. The first-order valence-corrected chi connectivity index (χ1v) is 10.8. The Morgan fingerprint density at radius 1 is 1.41 bits per heavy atom. The van der Waals surface area contributed by atoms with Crippen molar-refractivity contribution in [2.45, 2.75) is 77.8 Å². The maximum Gasteiger partial charge on any atom is 0.252 e. The highest BCUT2D eigenvalue weighted by atomic mass is 16.3. The van der Waals surface area contributed by atoms with E-state index in [0.29, 0.717) is 11.5 Å². The zero-order chi connectivity index (χ0) is 20.4. The average molecular weight is 395 g/mol. The molecular weight excluding hydrogens is 364 g/mol. The normalized spacial score (nSPS) is 15.0. The van der Waals surface area contributed by atoms with Crippen LogP contribution >= 0.6 is 0 Å². The number of aromatic nitrogens is 3. The van der Waals surface area contributed by atoms with Gasteiger partial charge in [0.1, 0.15) is 5.76 Å². The molecule has 1 aliphatic rings. The number of carbonyl (C=O) groups is 1. The molecule has 0 radical (unpaired) electrons. The fourth-order valence-electron chi connectivity index (χ4n) is 3.79. The SMILES string of the molecule is CCCCn1nc(C)c2c(C(=O)N[C@H](C)CCc3ccco3)cc(C3CC3)nc21. The van der Waals surface area contributed by atoms with E-state index in [1.807, 2.05) is 36.7 Å². The monoisotopic (exact) mass is 394 g/mol. The average Bonchev–Trinajstić information content (AvgIpc) is 3.34. The second kappa shape index (κ2) is 8.39. The van der Waals surface area contributed by atoms with Gasteiger partial charge in [-0.1, -0.05) is 13.3 Å². The minimum absolute atomic E-state index is 0.0376. The van der Waals surface area contributed by atoms with Gasteiger partial charge < -0.3 is 9.73 Å². The van der Waals surface area contributed by atoms with Crippen LogP contribution in [-0.4, -0.2) is 26.7 Å². The maximum absolute atomic E-state index is 13.2. The number of nitrogens with zero attached hydrogens (tertiary/aromatic N) is 3. The largest absolute Gasteiger partial charge is 0.469 e. The van der Waals surface area contributed by atoms with Gasteiger partial charge in [-0.15, -0.1) is 0 Å². The standard InChI is InChI=1S/C23H30N4O2/c1-4-5-12-27-22-21(16(3)26-27)19(14-20(25-22)17-9-10-17)23(28)24-15(2)8-11-18-7-6-13-29-18/h6-7,13-15,17H,4-5,8-12H2,1-3H3,(H,24,28)/t15-/m1/s1. The first-order chi connectivity index (χ1) is 14.1. The molecule has 0 saturated heterocycles. The third kappa shape index (κ3) is 4.36. The van der Waals surface area contributed by atoms with Crippen molar-refractivity contribution < 1.29 is 9.21 Å². The number of pyridine rings is 1. The van der Waals surface area contributed by atoms with E-state index in [9.17, 15) is 4.79 Å². The number of hydrogen-bond acceptors (Lipinski definition) is 4. The lowest BCUT2D eigenvalue weighted by Gasteiger charge is -2.15. The molecule has 3 heterocycles. The fraction of sp³-hybridized carbons (Fsp3) is 0.522. The zero-order valence-corrected chi connectivity index (χ0v) is 17.6. The fourth-order valence-corrected chi connectivity index (χ4v) is 3.79. The van der Waals surface area contributed by atoms with Crippen molar-refractivity contribution in [3.05, 3.63) is 47.2 Å². The van der Waals surface area contributed by atoms with Crippen molar-refractivity contribution in [2.24, 2.45) is 0 Å². The molecule has 3 aromatic rings. The highest BCUT2D eigenvalue weighted by Gasteiger charge is 2.29. The molecule has 0 aromatic carbocycles. The van der Waals surface area contributed by atoms with E-state index in [2.05, 4.69) is 12.2 Å². The number of aryl methyl sites for hydroxylation is 3. The summed E-state index contributed by atoms with van der Waals surface area (Å²) in [5, 5.41) is 8.76. The molecule has 6 nitrogen and oxygen atoms in total. The molecule has 0 bridgehead atoms. The molecule has 0 aliphatic heterocycles. The van der Waals surface area contributed by atoms with Gasteiger partial charge in [0.15, 0.2) is 5.65 Å². The summed E-state index contributed by atoms with van der Waals surface area (Å²) in [6.45, 7) is 7.02. The highest BCUT2D eigenvalue weighted by molar-refractivity contribution is 6.06. The molecule has 6 heteroatoms. The number of nitrogens with one attached hydrogen (secondary N) is 1. The van der Waals surface area contributed by atoms with E-state index in [0.717, 1.165) is 73.3 Å². The van der Waals surface area contributed by atoms with Gasteiger partial charge in [-0.25, -0.2) is 9.67 Å². The van der Waals surface area contributed by atoms with Crippen LogP contribution in [-0.2, 0) is 13.0 Å². The summed E-state index contributed by atoms with van der Waals surface area (Å²) in [7, 11) is 0. The van der Waals surface area contributed by atoms with E-state index in [1.165, 1.54) is 0 Å². The van der Waals surface area contributed by atoms with Crippen LogP contribution in [0.3, 0.4) is 0 Å². The van der Waals surface area contributed by atoms with E-state index < -0.39 is 0 Å². The Balaban J connectivity index is 1.59. The smallest absolute Gasteiger partial charge is 0.252 e. The van der Waals surface area contributed by atoms with Gasteiger partial charge in [-0.2, -0.15) is 5.10 Å². The number of amides is 1. The summed E-state index contributed by atoms with van der Waals surface area (Å²) >= 11 is 0. The molecule has 1 saturated carbocycles. The number of fused-ring (bicyclic) bond motifs is 1. The molecule has 1 atom stereocenters. The quantitative estimate of drug-likeness (QED) is 0.568. The highest BCUT2D eigenvalue weighted by Crippen LogP contribution is 2.40. The van der Waals surface area contributed by atoms with Crippen molar-refractivity contribution in [3.63, 3.8) is 0 Å². The molecule has 154 valence electrons. The summed E-state index contributed by atoms with van der Waals surface area (Å²) in [6.07, 6.45) is 7.78. The van der Waals surface area contributed by atoms with E-state index in [-0.39, 0.29) is 11.9 Å². The minimum atomic E-state index is -0.0376. The van der Waals surface area contributed by atoms with Crippen molar-refractivity contribution in [1.82, 2.24) is 20.1 Å². The van der Waals surface area contributed by atoms with Gasteiger partial charge in [-0.05, 0) is 57.7 Å². The Kier molecular flexibility index (Phi) is 5.69. The molecule has 1 amide bonds. The van der Waals surface area contributed by atoms with Crippen LogP contribution in [0.2, 0.25) is 0 Å². The zero-order valence-electron chi connectivity index (χ0n) is 17.6. The van der Waals surface area contributed by atoms with Crippen molar-refractivity contribution in [2.75, 3.05) is 0 Å². The predicted molar refractivity (Wildman–Crippen MR) is 113 cm³/mol. The summed E-state index contributed by atoms with van der Waals surface area (Å²) < 4.78 is 7.38. The third-order valence-corrected chi connectivity index (χ3v) is 5.64. The Hall–Kier alpha value is -2.63. The van der Waals surface area contributed by atoms with E-state index >= 15 is 0 Å². The summed E-state index contributed by atoms with van der Waals surface area (Å²) in [6, 6.07) is 5.91. The van der Waals surface area contributed by atoms with Crippen LogP contribution in [0.1, 0.15) is 79.4 Å².